The summed E-state index contributed by atoms with van der Waals surface area (Å²) in [4.78, 5) is 0. The van der Waals surface area contributed by atoms with Crippen molar-refractivity contribution < 1.29 is 17.9 Å². The average Bonchev–Trinajstić information content (AvgIpc) is 2.29. The topological polar surface area (TPSA) is 64.6 Å². The zero-order valence-corrected chi connectivity index (χ0v) is 11.1. The number of ether oxygens (including phenoxy) is 2. The second kappa shape index (κ2) is 5.97. The Morgan fingerprint density at radius 3 is 2.59 bits per heavy atom. The molecule has 0 aliphatic carbocycles. The highest BCUT2D eigenvalue weighted by atomic mass is 35.5. The van der Waals surface area contributed by atoms with E-state index in [4.69, 9.17) is 21.1 Å². The third-order valence-electron chi connectivity index (χ3n) is 1.88. The molecule has 0 aliphatic rings. The first-order chi connectivity index (χ1) is 8.02. The van der Waals surface area contributed by atoms with Crippen molar-refractivity contribution in [3.05, 3.63) is 18.2 Å². The zero-order valence-electron chi connectivity index (χ0n) is 9.57. The van der Waals surface area contributed by atoms with Gasteiger partial charge in [-0.15, -0.1) is 11.6 Å². The maximum atomic E-state index is 11.3. The van der Waals surface area contributed by atoms with E-state index in [0.717, 1.165) is 0 Å². The second-order valence-corrected chi connectivity index (χ2v) is 5.43. The molecule has 0 heterocycles. The number of anilines is 1. The van der Waals surface area contributed by atoms with Gasteiger partial charge in [-0.2, -0.15) is 0 Å². The van der Waals surface area contributed by atoms with E-state index in [1.807, 2.05) is 6.92 Å². The summed E-state index contributed by atoms with van der Waals surface area (Å²) in [5.41, 5.74) is 0.384. The minimum Gasteiger partial charge on any atom is -0.493 e. The summed E-state index contributed by atoms with van der Waals surface area (Å²) < 4.78 is 35.3. The third kappa shape index (κ3) is 3.98. The van der Waals surface area contributed by atoms with Crippen molar-refractivity contribution in [2.45, 2.75) is 6.92 Å². The van der Waals surface area contributed by atoms with Gasteiger partial charge in [0.1, 0.15) is 5.21 Å². The van der Waals surface area contributed by atoms with Gasteiger partial charge >= 0.3 is 0 Å². The molecule has 0 fully saturated rings. The molecule has 0 bridgehead atoms. The standard InChI is InChI=1S/C10H14ClNO4S/c1-3-16-10-6-8(4-5-9(10)15-2)12-17(13,14)7-11/h4-6,12H,3,7H2,1-2H3. The van der Waals surface area contributed by atoms with Crippen LogP contribution in [0.3, 0.4) is 0 Å². The molecule has 1 aromatic rings. The molecule has 0 saturated heterocycles. The van der Waals surface area contributed by atoms with Gasteiger partial charge in [0.05, 0.1) is 19.4 Å². The molecule has 0 atom stereocenters. The summed E-state index contributed by atoms with van der Waals surface area (Å²) in [6, 6.07) is 4.75. The summed E-state index contributed by atoms with van der Waals surface area (Å²) in [5.74, 6) is 1.02. The Morgan fingerprint density at radius 1 is 1.35 bits per heavy atom. The minimum atomic E-state index is -3.50. The van der Waals surface area contributed by atoms with Gasteiger partial charge in [-0.3, -0.25) is 4.72 Å². The summed E-state index contributed by atoms with van der Waals surface area (Å²) >= 11 is 5.30. The number of hydrogen-bond donors (Lipinski definition) is 1. The molecule has 0 aliphatic heterocycles. The van der Waals surface area contributed by atoms with Crippen LogP contribution in [-0.2, 0) is 10.0 Å². The van der Waals surface area contributed by atoms with Crippen LogP contribution in [-0.4, -0.2) is 27.3 Å². The molecule has 0 spiro atoms. The van der Waals surface area contributed by atoms with Crippen molar-refractivity contribution in [2.75, 3.05) is 23.7 Å². The van der Waals surface area contributed by atoms with E-state index in [1.54, 1.807) is 18.2 Å². The molecule has 0 saturated carbocycles. The Morgan fingerprint density at radius 2 is 2.06 bits per heavy atom. The van der Waals surface area contributed by atoms with Crippen LogP contribution in [0.2, 0.25) is 0 Å². The number of methoxy groups -OCH3 is 1. The summed E-state index contributed by atoms with van der Waals surface area (Å²) in [6.07, 6.45) is 0. The van der Waals surface area contributed by atoms with Crippen molar-refractivity contribution in [3.8, 4) is 11.5 Å². The lowest BCUT2D eigenvalue weighted by molar-refractivity contribution is 0.311. The number of hydrogen-bond acceptors (Lipinski definition) is 4. The molecule has 0 unspecified atom stereocenters. The number of halogens is 1. The van der Waals surface area contributed by atoms with E-state index in [2.05, 4.69) is 4.72 Å². The van der Waals surface area contributed by atoms with Crippen molar-refractivity contribution in [3.63, 3.8) is 0 Å². The maximum Gasteiger partial charge on any atom is 0.246 e. The third-order valence-corrected chi connectivity index (χ3v) is 3.58. The van der Waals surface area contributed by atoms with E-state index in [1.165, 1.54) is 7.11 Å². The molecule has 1 rings (SSSR count). The van der Waals surface area contributed by atoms with Crippen LogP contribution in [0, 0.1) is 0 Å². The van der Waals surface area contributed by atoms with E-state index >= 15 is 0 Å². The first-order valence-corrected chi connectivity index (χ1v) is 7.08. The minimum absolute atomic E-state index is 0.384. The molecule has 1 aromatic carbocycles. The molecule has 1 N–H and O–H groups in total. The smallest absolute Gasteiger partial charge is 0.246 e. The predicted octanol–water partition coefficient (Wildman–Crippen LogP) is 2.03. The number of sulfonamides is 1. The van der Waals surface area contributed by atoms with Crippen LogP contribution in [0.25, 0.3) is 0 Å². The van der Waals surface area contributed by atoms with Crippen molar-refractivity contribution in [1.82, 2.24) is 0 Å². The first-order valence-electron chi connectivity index (χ1n) is 4.89. The quantitative estimate of drug-likeness (QED) is 0.809. The fourth-order valence-corrected chi connectivity index (χ4v) is 1.92. The summed E-state index contributed by atoms with van der Waals surface area (Å²) in [5, 5.41) is -0.497. The lowest BCUT2D eigenvalue weighted by Crippen LogP contribution is -2.13. The van der Waals surface area contributed by atoms with Crippen LogP contribution < -0.4 is 14.2 Å². The fourth-order valence-electron chi connectivity index (χ4n) is 1.22. The van der Waals surface area contributed by atoms with Crippen molar-refractivity contribution in [1.29, 1.82) is 0 Å². The summed E-state index contributed by atoms with van der Waals surface area (Å²) in [6.45, 7) is 2.29. The van der Waals surface area contributed by atoms with E-state index in [9.17, 15) is 8.42 Å². The van der Waals surface area contributed by atoms with E-state index in [-0.39, 0.29) is 0 Å². The zero-order chi connectivity index (χ0) is 12.9. The van der Waals surface area contributed by atoms with Crippen LogP contribution in [0.1, 0.15) is 6.92 Å². The van der Waals surface area contributed by atoms with Crippen LogP contribution in [0.5, 0.6) is 11.5 Å². The molecule has 0 radical (unpaired) electrons. The lowest BCUT2D eigenvalue weighted by Gasteiger charge is -2.11. The van der Waals surface area contributed by atoms with E-state index in [0.29, 0.717) is 23.8 Å². The van der Waals surface area contributed by atoms with Crippen LogP contribution in [0.4, 0.5) is 5.69 Å². The van der Waals surface area contributed by atoms with Gasteiger partial charge in [0.15, 0.2) is 11.5 Å². The molecule has 0 amide bonds. The van der Waals surface area contributed by atoms with Gasteiger partial charge in [-0.05, 0) is 19.1 Å². The molecule has 96 valence electrons. The molecular formula is C10H14ClNO4S. The first kappa shape index (κ1) is 13.9. The largest absolute Gasteiger partial charge is 0.493 e. The SMILES string of the molecule is CCOc1cc(NS(=O)(=O)CCl)ccc1OC. The Balaban J connectivity index is 3.00. The Hall–Kier alpha value is -1.14. The Bertz CT molecular complexity index is 475. The van der Waals surface area contributed by atoms with Crippen LogP contribution in [0.15, 0.2) is 18.2 Å². The van der Waals surface area contributed by atoms with E-state index < -0.39 is 15.2 Å². The summed E-state index contributed by atoms with van der Waals surface area (Å²) in [7, 11) is -1.99. The van der Waals surface area contributed by atoms with Gasteiger partial charge in [0.2, 0.25) is 10.0 Å². The van der Waals surface area contributed by atoms with Crippen molar-refractivity contribution in [2.24, 2.45) is 0 Å². The average molecular weight is 280 g/mol. The molecular weight excluding hydrogens is 266 g/mol. The predicted molar refractivity (Wildman–Crippen MR) is 67.4 cm³/mol. The molecule has 5 nitrogen and oxygen atoms in total. The molecule has 0 aromatic heterocycles. The maximum absolute atomic E-state index is 11.3. The molecule has 17 heavy (non-hydrogen) atoms. The van der Waals surface area contributed by atoms with Gasteiger partial charge in [-0.1, -0.05) is 0 Å². The van der Waals surface area contributed by atoms with Crippen LogP contribution >= 0.6 is 11.6 Å². The number of rotatable bonds is 6. The fraction of sp³-hybridized carbons (Fsp3) is 0.400. The molecule has 7 heteroatoms. The van der Waals surface area contributed by atoms with Crippen molar-refractivity contribution >= 4 is 27.3 Å². The second-order valence-electron chi connectivity index (χ2n) is 3.12. The highest BCUT2D eigenvalue weighted by molar-refractivity contribution is 7.93. The highest BCUT2D eigenvalue weighted by Gasteiger charge is 2.11. The normalized spacial score (nSPS) is 11.0. The Labute approximate surface area is 106 Å². The monoisotopic (exact) mass is 279 g/mol. The highest BCUT2D eigenvalue weighted by Crippen LogP contribution is 2.30. The van der Waals surface area contributed by atoms with Gasteiger partial charge in [0.25, 0.3) is 0 Å². The number of alkyl halides is 1. The number of benzene rings is 1. The van der Waals surface area contributed by atoms with Gasteiger partial charge in [0, 0.05) is 6.07 Å². The number of nitrogens with one attached hydrogen (secondary N) is 1. The lowest BCUT2D eigenvalue weighted by atomic mass is 10.3. The Kier molecular flexibility index (Phi) is 4.89. The van der Waals surface area contributed by atoms with Gasteiger partial charge < -0.3 is 9.47 Å². The van der Waals surface area contributed by atoms with Gasteiger partial charge in [-0.25, -0.2) is 8.42 Å².